The van der Waals surface area contributed by atoms with Crippen LogP contribution < -0.4 is 14.8 Å². The van der Waals surface area contributed by atoms with Gasteiger partial charge in [-0.2, -0.15) is 0 Å². The van der Waals surface area contributed by atoms with Gasteiger partial charge in [-0.05, 0) is 35.2 Å². The van der Waals surface area contributed by atoms with E-state index in [0.29, 0.717) is 0 Å². The van der Waals surface area contributed by atoms with Crippen molar-refractivity contribution in [3.63, 3.8) is 0 Å². The number of fused-ring (bicyclic) bond motifs is 2. The molecule has 0 radical (unpaired) electrons. The van der Waals surface area contributed by atoms with E-state index in [0.717, 1.165) is 0 Å². The molecule has 2 nitrogen and oxygen atoms in total. The number of nitrogens with zero attached hydrogens (tertiary/aromatic N) is 2. The largest absolute Gasteiger partial charge is 2.00 e. The Bertz CT molecular complexity index is 830. The SMILES string of the molecule is CN(C)c1ccc2cc3ccc(=[N+](C)C)cc-3sc2c1.Cl.Cl.Cl.[Zn+2]. The molecule has 126 valence electrons. The van der Waals surface area contributed by atoms with Crippen LogP contribution in [-0.2, 0) is 19.5 Å². The fourth-order valence-corrected chi connectivity index (χ4v) is 3.39. The fourth-order valence-electron chi connectivity index (χ4n) is 2.30. The summed E-state index contributed by atoms with van der Waals surface area (Å²) >= 11 is 1.86. The van der Waals surface area contributed by atoms with Crippen molar-refractivity contribution in [1.29, 1.82) is 0 Å². The number of benzene rings is 2. The van der Waals surface area contributed by atoms with Gasteiger partial charge in [-0.3, -0.25) is 0 Å². The number of hydrogen-bond acceptors (Lipinski definition) is 2. The van der Waals surface area contributed by atoms with Crippen LogP contribution in [0.2, 0.25) is 0 Å². The zero-order chi connectivity index (χ0) is 14.3. The van der Waals surface area contributed by atoms with E-state index in [2.05, 4.69) is 80.1 Å². The van der Waals surface area contributed by atoms with Gasteiger partial charge in [0.2, 0.25) is 5.36 Å². The van der Waals surface area contributed by atoms with E-state index in [4.69, 9.17) is 0 Å². The van der Waals surface area contributed by atoms with Crippen molar-refractivity contribution in [2.24, 2.45) is 0 Å². The third-order valence-electron chi connectivity index (χ3n) is 3.56. The van der Waals surface area contributed by atoms with Gasteiger partial charge in [0, 0.05) is 41.5 Å². The van der Waals surface area contributed by atoms with Crippen LogP contribution >= 0.6 is 48.6 Å². The normalized spacial score (nSPS) is 9.17. The Morgan fingerprint density at radius 2 is 1.54 bits per heavy atom. The minimum Gasteiger partial charge on any atom is -0.378 e. The second-order valence-electron chi connectivity index (χ2n) is 5.48. The van der Waals surface area contributed by atoms with E-state index in [9.17, 15) is 0 Å². The molecule has 0 spiro atoms. The summed E-state index contributed by atoms with van der Waals surface area (Å²) in [5.74, 6) is 0. The summed E-state index contributed by atoms with van der Waals surface area (Å²) < 4.78 is 3.48. The molecule has 0 fully saturated rings. The van der Waals surface area contributed by atoms with Gasteiger partial charge in [0.25, 0.3) is 0 Å². The Kier molecular flexibility index (Phi) is 11.4. The van der Waals surface area contributed by atoms with Gasteiger partial charge in [0.1, 0.15) is 14.1 Å². The van der Waals surface area contributed by atoms with Gasteiger partial charge in [-0.15, -0.1) is 48.6 Å². The first-order chi connectivity index (χ1) is 9.54. The maximum absolute atomic E-state index is 2.28. The smallest absolute Gasteiger partial charge is 0.378 e. The number of rotatable bonds is 1. The molecular formula is C17H22Cl3N2SZn+3. The van der Waals surface area contributed by atoms with Gasteiger partial charge in [-0.25, -0.2) is 4.58 Å². The Labute approximate surface area is 178 Å². The van der Waals surface area contributed by atoms with Crippen LogP contribution in [0.4, 0.5) is 5.69 Å². The molecule has 0 aromatic heterocycles. The van der Waals surface area contributed by atoms with Crippen LogP contribution in [0.25, 0.3) is 20.5 Å². The molecule has 1 aromatic carbocycles. The molecule has 0 saturated carbocycles. The molecule has 0 saturated heterocycles. The average Bonchev–Trinajstić information content (AvgIpc) is 2.43. The molecule has 0 amide bonds. The molecule has 2 aliphatic rings. The predicted octanol–water partition coefficient (Wildman–Crippen LogP) is 4.37. The average molecular weight is 458 g/mol. The van der Waals surface area contributed by atoms with Crippen molar-refractivity contribution in [2.45, 2.75) is 0 Å². The predicted molar refractivity (Wildman–Crippen MR) is 112 cm³/mol. The number of halogens is 3. The van der Waals surface area contributed by atoms with Crippen molar-refractivity contribution >= 4 is 64.3 Å². The summed E-state index contributed by atoms with van der Waals surface area (Å²) in [7, 11) is 8.32. The van der Waals surface area contributed by atoms with Gasteiger partial charge in [0.05, 0.1) is 0 Å². The second kappa shape index (κ2) is 10.6. The Morgan fingerprint density at radius 1 is 0.875 bits per heavy atom. The molecule has 1 aliphatic carbocycles. The third-order valence-corrected chi connectivity index (χ3v) is 4.70. The summed E-state index contributed by atoms with van der Waals surface area (Å²) in [5.41, 5.74) is 2.56. The maximum atomic E-state index is 2.28. The quantitative estimate of drug-likeness (QED) is 0.299. The fraction of sp³-hybridized carbons (Fsp3) is 0.235. The van der Waals surface area contributed by atoms with E-state index < -0.39 is 0 Å². The van der Waals surface area contributed by atoms with Crippen LogP contribution in [-0.4, -0.2) is 28.2 Å². The van der Waals surface area contributed by atoms with E-state index in [-0.39, 0.29) is 56.7 Å². The summed E-state index contributed by atoms with van der Waals surface area (Å²) in [5, 5.41) is 2.56. The van der Waals surface area contributed by atoms with Crippen molar-refractivity contribution in [1.82, 2.24) is 4.58 Å². The molecule has 0 N–H and O–H groups in total. The molecular weight excluding hydrogens is 436 g/mol. The summed E-state index contributed by atoms with van der Waals surface area (Å²) in [6, 6.07) is 15.6. The monoisotopic (exact) mass is 455 g/mol. The molecule has 3 rings (SSSR count). The topological polar surface area (TPSA) is 6.25 Å². The molecule has 1 heterocycles. The van der Waals surface area contributed by atoms with E-state index in [1.54, 1.807) is 0 Å². The van der Waals surface area contributed by atoms with E-state index in [1.165, 1.54) is 31.6 Å². The summed E-state index contributed by atoms with van der Waals surface area (Å²) in [6.45, 7) is 0. The molecule has 24 heavy (non-hydrogen) atoms. The van der Waals surface area contributed by atoms with Crippen LogP contribution in [0.1, 0.15) is 0 Å². The first-order valence-electron chi connectivity index (χ1n) is 6.70. The van der Waals surface area contributed by atoms with Crippen LogP contribution in [0, 0.1) is 0 Å². The number of anilines is 1. The third kappa shape index (κ3) is 5.31. The molecule has 0 unspecified atom stereocenters. The molecule has 7 heteroatoms. The van der Waals surface area contributed by atoms with E-state index >= 15 is 0 Å². The Hall–Kier alpha value is -0.377. The van der Waals surface area contributed by atoms with Crippen molar-refractivity contribution in [2.75, 3.05) is 33.1 Å². The van der Waals surface area contributed by atoms with Crippen molar-refractivity contribution in [3.05, 3.63) is 47.8 Å². The van der Waals surface area contributed by atoms with Gasteiger partial charge in [0.15, 0.2) is 0 Å². The first-order valence-corrected chi connectivity index (χ1v) is 7.51. The van der Waals surface area contributed by atoms with Crippen molar-refractivity contribution < 1.29 is 19.5 Å². The Balaban J connectivity index is 0. The maximum Gasteiger partial charge on any atom is 2.00 e. The van der Waals surface area contributed by atoms with Crippen LogP contribution in [0.3, 0.4) is 0 Å². The Morgan fingerprint density at radius 3 is 2.12 bits per heavy atom. The summed E-state index contributed by atoms with van der Waals surface area (Å²) in [6.07, 6.45) is 0. The van der Waals surface area contributed by atoms with E-state index in [1.807, 2.05) is 11.3 Å². The molecule has 0 bridgehead atoms. The number of hydrogen-bond donors (Lipinski definition) is 0. The van der Waals surface area contributed by atoms with Crippen molar-refractivity contribution in [3.8, 4) is 10.4 Å². The first kappa shape index (κ1) is 25.9. The standard InChI is InChI=1S/C17H19N2S.3ClH.Zn/c1-18(2)14-7-5-12-9-13-6-8-15(19(3)4)11-17(13)20-16(12)10-14;;;;/h5-11H,1-4H3;3*1H;/q+1;;;;+2. The zero-order valence-corrected chi connectivity index (χ0v) is 20.5. The van der Waals surface area contributed by atoms with Crippen LogP contribution in [0.15, 0.2) is 42.5 Å². The van der Waals surface area contributed by atoms with Gasteiger partial charge in [-0.1, -0.05) is 6.07 Å². The van der Waals surface area contributed by atoms with Gasteiger partial charge < -0.3 is 4.90 Å². The minimum atomic E-state index is 0. The van der Waals surface area contributed by atoms with Crippen LogP contribution in [0.5, 0.6) is 0 Å². The minimum absolute atomic E-state index is 0. The molecule has 1 aliphatic heterocycles. The molecule has 1 aromatic rings. The second-order valence-corrected chi connectivity index (χ2v) is 6.56. The molecule has 0 atom stereocenters. The zero-order valence-electron chi connectivity index (χ0n) is 14.3. The summed E-state index contributed by atoms with van der Waals surface area (Å²) in [4.78, 5) is 3.48. The van der Waals surface area contributed by atoms with Gasteiger partial charge >= 0.3 is 19.5 Å².